The van der Waals surface area contributed by atoms with Gasteiger partial charge >= 0.3 is 11.9 Å². The highest BCUT2D eigenvalue weighted by molar-refractivity contribution is 6.10. The number of hydrogen-bond acceptors (Lipinski definition) is 6. The minimum Gasteiger partial charge on any atom is -0.481 e. The summed E-state index contributed by atoms with van der Waals surface area (Å²) in [5.41, 5.74) is 18.8. The molecule has 0 aliphatic carbocycles. The van der Waals surface area contributed by atoms with Crippen LogP contribution in [0.15, 0.2) is 4.99 Å². The van der Waals surface area contributed by atoms with Crippen LogP contribution in [0.4, 0.5) is 0 Å². The van der Waals surface area contributed by atoms with Crippen LogP contribution in [-0.2, 0) is 14.4 Å². The second kappa shape index (κ2) is 7.40. The van der Waals surface area contributed by atoms with Gasteiger partial charge in [0, 0.05) is 6.54 Å². The first-order chi connectivity index (χ1) is 9.11. The molecule has 0 aromatic heterocycles. The fourth-order valence-electron chi connectivity index (χ4n) is 1.51. The molecule has 0 aliphatic rings. The van der Waals surface area contributed by atoms with Gasteiger partial charge in [0.05, 0.1) is 12.5 Å². The molecule has 0 aromatic carbocycles. The van der Waals surface area contributed by atoms with Crippen LogP contribution in [0, 0.1) is 0 Å². The lowest BCUT2D eigenvalue weighted by Gasteiger charge is -2.25. The number of carboxylic acids is 2. The first-order valence-electron chi connectivity index (χ1n) is 5.70. The average Bonchev–Trinajstić information content (AvgIpc) is 2.31. The van der Waals surface area contributed by atoms with E-state index in [9.17, 15) is 14.4 Å². The molecule has 0 heterocycles. The minimum absolute atomic E-state index is 0.0933. The van der Waals surface area contributed by atoms with Gasteiger partial charge in [0.1, 0.15) is 0 Å². The third kappa shape index (κ3) is 5.20. The Labute approximate surface area is 114 Å². The summed E-state index contributed by atoms with van der Waals surface area (Å²) in [5, 5.41) is 17.6. The number of carbonyl (C=O) groups is 3. The lowest BCUT2D eigenvalue weighted by atomic mass is 9.85. The summed E-state index contributed by atoms with van der Waals surface area (Å²) in [7, 11) is 0. The normalized spacial score (nSPS) is 14.9. The summed E-state index contributed by atoms with van der Waals surface area (Å²) < 4.78 is 0. The molecule has 0 saturated heterocycles. The van der Waals surface area contributed by atoms with E-state index in [4.69, 9.17) is 33.1 Å². The summed E-state index contributed by atoms with van der Waals surface area (Å²) in [6.07, 6.45) is -0.823. The number of nitrogens with two attached hydrogens (primary N) is 4. The van der Waals surface area contributed by atoms with Gasteiger partial charge in [-0.3, -0.25) is 14.6 Å². The van der Waals surface area contributed by atoms with E-state index in [-0.39, 0.29) is 25.3 Å². The molecule has 20 heavy (non-hydrogen) atoms. The summed E-state index contributed by atoms with van der Waals surface area (Å²) >= 11 is 0. The van der Waals surface area contributed by atoms with Crippen molar-refractivity contribution in [3.8, 4) is 0 Å². The highest BCUT2D eigenvalue weighted by Gasteiger charge is 2.44. The molecule has 0 amide bonds. The first-order valence-corrected chi connectivity index (χ1v) is 5.70. The Balaban J connectivity index is 4.82. The molecule has 0 aliphatic heterocycles. The number of ketones is 1. The molecule has 0 rings (SSSR count). The molecule has 0 fully saturated rings. The quantitative estimate of drug-likeness (QED) is 0.112. The van der Waals surface area contributed by atoms with Gasteiger partial charge in [0.15, 0.2) is 17.3 Å². The number of aliphatic imine (C=N–C) groups is 1. The summed E-state index contributed by atoms with van der Waals surface area (Å²) in [6, 6.07) is -1.49. The number of rotatable bonds is 9. The zero-order valence-corrected chi connectivity index (χ0v) is 10.8. The minimum atomic E-state index is -2.26. The smallest absolute Gasteiger partial charge is 0.331 e. The Bertz CT molecular complexity index is 420. The molecule has 2 atom stereocenters. The van der Waals surface area contributed by atoms with E-state index < -0.39 is 35.7 Å². The van der Waals surface area contributed by atoms with E-state index >= 15 is 0 Å². The van der Waals surface area contributed by atoms with Crippen molar-refractivity contribution in [2.45, 2.75) is 30.8 Å². The van der Waals surface area contributed by atoms with Crippen LogP contribution in [0.1, 0.15) is 19.3 Å². The molecule has 2 unspecified atom stereocenters. The topological polar surface area (TPSA) is 208 Å². The van der Waals surface area contributed by atoms with Crippen molar-refractivity contribution in [3.05, 3.63) is 0 Å². The van der Waals surface area contributed by atoms with Crippen molar-refractivity contribution in [1.82, 2.24) is 0 Å². The Morgan fingerprint density at radius 1 is 1.20 bits per heavy atom. The lowest BCUT2D eigenvalue weighted by molar-refractivity contribution is -0.150. The third-order valence-electron chi connectivity index (χ3n) is 2.58. The Morgan fingerprint density at radius 2 is 1.75 bits per heavy atom. The lowest BCUT2D eigenvalue weighted by Crippen LogP contribution is -2.60. The maximum atomic E-state index is 11.9. The largest absolute Gasteiger partial charge is 0.481 e. The van der Waals surface area contributed by atoms with Crippen molar-refractivity contribution in [2.24, 2.45) is 27.9 Å². The van der Waals surface area contributed by atoms with Crippen LogP contribution in [0.25, 0.3) is 0 Å². The van der Waals surface area contributed by atoms with Crippen LogP contribution < -0.4 is 22.9 Å². The predicted octanol–water partition coefficient (Wildman–Crippen LogP) is -2.81. The Hall–Kier alpha value is -2.20. The van der Waals surface area contributed by atoms with Gasteiger partial charge in [-0.15, -0.1) is 0 Å². The van der Waals surface area contributed by atoms with Crippen LogP contribution in [0.3, 0.4) is 0 Å². The second-order valence-corrected chi connectivity index (χ2v) is 4.26. The number of guanidine groups is 1. The van der Waals surface area contributed by atoms with Gasteiger partial charge in [-0.05, 0) is 12.8 Å². The fourth-order valence-corrected chi connectivity index (χ4v) is 1.51. The zero-order chi connectivity index (χ0) is 15.9. The van der Waals surface area contributed by atoms with Gasteiger partial charge < -0.3 is 33.1 Å². The van der Waals surface area contributed by atoms with E-state index in [1.165, 1.54) is 0 Å². The molecule has 114 valence electrons. The second-order valence-electron chi connectivity index (χ2n) is 4.26. The van der Waals surface area contributed by atoms with Crippen molar-refractivity contribution < 1.29 is 24.6 Å². The maximum absolute atomic E-state index is 11.9. The van der Waals surface area contributed by atoms with Crippen LogP contribution in [0.5, 0.6) is 0 Å². The van der Waals surface area contributed by atoms with Gasteiger partial charge in [-0.25, -0.2) is 4.79 Å². The average molecular weight is 289 g/mol. The predicted molar refractivity (Wildman–Crippen MR) is 69.7 cm³/mol. The zero-order valence-electron chi connectivity index (χ0n) is 10.8. The standard InChI is InChI=1S/C10H19N5O5/c11-5(4-6(16)17)7(18)10(14,8(19)20)2-1-3-15-9(12)13/h5H,1-4,11,14H2,(H,16,17)(H,19,20)(H4,12,13,15). The number of nitrogens with zero attached hydrogens (tertiary/aromatic N) is 1. The molecule has 0 aromatic rings. The monoisotopic (exact) mass is 289 g/mol. The van der Waals surface area contributed by atoms with Crippen molar-refractivity contribution in [1.29, 1.82) is 0 Å². The summed E-state index contributed by atoms with van der Waals surface area (Å²) in [6.45, 7) is 0.0933. The third-order valence-corrected chi connectivity index (χ3v) is 2.58. The molecule has 10 N–H and O–H groups in total. The molecule has 0 bridgehead atoms. The summed E-state index contributed by atoms with van der Waals surface area (Å²) in [5.74, 6) is -4.11. The van der Waals surface area contributed by atoms with Gasteiger partial charge in [-0.1, -0.05) is 0 Å². The van der Waals surface area contributed by atoms with Crippen LogP contribution >= 0.6 is 0 Å². The van der Waals surface area contributed by atoms with E-state index in [1.807, 2.05) is 0 Å². The number of aliphatic carboxylic acids is 2. The van der Waals surface area contributed by atoms with Gasteiger partial charge in [0.2, 0.25) is 0 Å². The molecule has 10 heteroatoms. The van der Waals surface area contributed by atoms with E-state index in [2.05, 4.69) is 4.99 Å². The molecule has 0 saturated carbocycles. The number of Topliss-reactive ketones (excluding diaryl/α,β-unsaturated/α-hetero) is 1. The van der Waals surface area contributed by atoms with E-state index in [0.29, 0.717) is 0 Å². The number of carbonyl (C=O) groups excluding carboxylic acids is 1. The molecular formula is C10H19N5O5. The van der Waals surface area contributed by atoms with Crippen molar-refractivity contribution >= 4 is 23.7 Å². The van der Waals surface area contributed by atoms with E-state index in [1.54, 1.807) is 0 Å². The van der Waals surface area contributed by atoms with Gasteiger partial charge in [-0.2, -0.15) is 0 Å². The van der Waals surface area contributed by atoms with Crippen molar-refractivity contribution in [3.63, 3.8) is 0 Å². The summed E-state index contributed by atoms with van der Waals surface area (Å²) in [4.78, 5) is 37.1. The van der Waals surface area contributed by atoms with Crippen molar-refractivity contribution in [2.75, 3.05) is 6.54 Å². The molecule has 10 nitrogen and oxygen atoms in total. The highest BCUT2D eigenvalue weighted by Crippen LogP contribution is 2.15. The molecular weight excluding hydrogens is 270 g/mol. The Morgan fingerprint density at radius 3 is 2.15 bits per heavy atom. The highest BCUT2D eigenvalue weighted by atomic mass is 16.4. The number of hydrogen-bond donors (Lipinski definition) is 6. The molecule has 0 radical (unpaired) electrons. The van der Waals surface area contributed by atoms with Gasteiger partial charge in [0.25, 0.3) is 0 Å². The first kappa shape index (κ1) is 17.8. The van der Waals surface area contributed by atoms with E-state index in [0.717, 1.165) is 0 Å². The van der Waals surface area contributed by atoms with Crippen LogP contribution in [0.2, 0.25) is 0 Å². The Kier molecular flexibility index (Phi) is 6.59. The molecule has 0 spiro atoms. The maximum Gasteiger partial charge on any atom is 0.331 e. The number of carboxylic acid groups (broad SMARTS) is 2. The SMILES string of the molecule is NC(N)=NCCCC(N)(C(=O)O)C(=O)C(N)CC(=O)O. The van der Waals surface area contributed by atoms with Crippen LogP contribution in [-0.4, -0.2) is 52.0 Å². The fraction of sp³-hybridized carbons (Fsp3) is 0.600.